The molecule has 6 nitrogen and oxygen atoms in total. The summed E-state index contributed by atoms with van der Waals surface area (Å²) in [5.74, 6) is 0.943. The Labute approximate surface area is 180 Å². The third kappa shape index (κ3) is 5.17. The molecular weight excluding hydrogens is 427 g/mol. The summed E-state index contributed by atoms with van der Waals surface area (Å²) in [6.45, 7) is 0.496. The number of halogens is 1. The first-order chi connectivity index (χ1) is 14.6. The van der Waals surface area contributed by atoms with Crippen molar-refractivity contribution in [2.45, 2.75) is 17.3 Å². The van der Waals surface area contributed by atoms with Crippen LogP contribution in [0.5, 0.6) is 11.5 Å². The number of thioether (sulfide) groups is 1. The van der Waals surface area contributed by atoms with E-state index in [-0.39, 0.29) is 36.5 Å². The number of amides is 1. The maximum Gasteiger partial charge on any atom is 0.231 e. The quantitative estimate of drug-likeness (QED) is 0.420. The number of carbonyl (C=O) groups is 2. The van der Waals surface area contributed by atoms with Gasteiger partial charge in [0, 0.05) is 17.5 Å². The highest BCUT2D eigenvalue weighted by Crippen LogP contribution is 2.33. The van der Waals surface area contributed by atoms with Gasteiger partial charge >= 0.3 is 0 Å². The van der Waals surface area contributed by atoms with Gasteiger partial charge in [-0.2, -0.15) is 0 Å². The molecule has 0 radical (unpaired) electrons. The van der Waals surface area contributed by atoms with E-state index in [1.807, 2.05) is 5.38 Å². The van der Waals surface area contributed by atoms with Gasteiger partial charge in [-0.25, -0.2) is 9.37 Å². The molecule has 2 aromatic carbocycles. The van der Waals surface area contributed by atoms with Crippen molar-refractivity contribution >= 4 is 34.8 Å². The highest BCUT2D eigenvalue weighted by Gasteiger charge is 2.17. The highest BCUT2D eigenvalue weighted by molar-refractivity contribution is 8.01. The SMILES string of the molecule is O=C(Cc1csc(SCC(=O)c2ccc3c(c2)OCO3)n1)NCc1ccc(F)cc1. The van der Waals surface area contributed by atoms with Gasteiger partial charge in [-0.3, -0.25) is 9.59 Å². The molecule has 0 unspecified atom stereocenters. The second-order valence-corrected chi connectivity index (χ2v) is 8.55. The zero-order valence-corrected chi connectivity index (χ0v) is 17.4. The molecule has 1 aromatic heterocycles. The summed E-state index contributed by atoms with van der Waals surface area (Å²) in [6.07, 6.45) is 0.147. The molecule has 154 valence electrons. The molecule has 0 saturated carbocycles. The lowest BCUT2D eigenvalue weighted by Gasteiger charge is -2.04. The molecule has 1 amide bonds. The van der Waals surface area contributed by atoms with Crippen LogP contribution in [-0.4, -0.2) is 29.2 Å². The average molecular weight is 445 g/mol. The number of ketones is 1. The Morgan fingerprint density at radius 1 is 1.13 bits per heavy atom. The van der Waals surface area contributed by atoms with E-state index >= 15 is 0 Å². The minimum atomic E-state index is -0.311. The number of rotatable bonds is 8. The number of ether oxygens (including phenoxy) is 2. The number of hydrogen-bond acceptors (Lipinski definition) is 7. The van der Waals surface area contributed by atoms with Crippen molar-refractivity contribution in [1.29, 1.82) is 0 Å². The monoisotopic (exact) mass is 444 g/mol. The Hall–Kier alpha value is -2.91. The number of thiazole rings is 1. The van der Waals surface area contributed by atoms with Gasteiger partial charge in [0.25, 0.3) is 0 Å². The Kier molecular flexibility index (Phi) is 6.29. The second kappa shape index (κ2) is 9.27. The minimum Gasteiger partial charge on any atom is -0.454 e. The topological polar surface area (TPSA) is 77.5 Å². The van der Waals surface area contributed by atoms with Crippen molar-refractivity contribution in [3.05, 3.63) is 70.5 Å². The van der Waals surface area contributed by atoms with Crippen molar-refractivity contribution in [3.8, 4) is 11.5 Å². The van der Waals surface area contributed by atoms with Crippen LogP contribution < -0.4 is 14.8 Å². The number of fused-ring (bicyclic) bond motifs is 1. The number of benzene rings is 2. The van der Waals surface area contributed by atoms with E-state index < -0.39 is 0 Å². The number of nitrogens with zero attached hydrogens (tertiary/aromatic N) is 1. The molecule has 0 fully saturated rings. The number of aromatic nitrogens is 1. The number of nitrogens with one attached hydrogen (secondary N) is 1. The van der Waals surface area contributed by atoms with Crippen LogP contribution in [0.1, 0.15) is 21.6 Å². The van der Waals surface area contributed by atoms with Gasteiger partial charge < -0.3 is 14.8 Å². The molecule has 1 aliphatic rings. The van der Waals surface area contributed by atoms with E-state index in [2.05, 4.69) is 10.3 Å². The first kappa shape index (κ1) is 20.4. The average Bonchev–Trinajstić information content (AvgIpc) is 3.40. The molecule has 4 rings (SSSR count). The lowest BCUT2D eigenvalue weighted by Crippen LogP contribution is -2.24. The second-order valence-electron chi connectivity index (χ2n) is 6.46. The summed E-state index contributed by atoms with van der Waals surface area (Å²) in [7, 11) is 0. The Balaban J connectivity index is 1.25. The first-order valence-electron chi connectivity index (χ1n) is 9.08. The highest BCUT2D eigenvalue weighted by atomic mass is 32.2. The van der Waals surface area contributed by atoms with E-state index in [0.717, 1.165) is 9.90 Å². The van der Waals surface area contributed by atoms with Crippen LogP contribution in [0.4, 0.5) is 4.39 Å². The van der Waals surface area contributed by atoms with Gasteiger partial charge in [0.2, 0.25) is 12.7 Å². The first-order valence-corrected chi connectivity index (χ1v) is 10.9. The standard InChI is InChI=1S/C21H17FN2O4S2/c22-15-4-1-13(2-5-15)9-23-20(26)8-16-10-29-21(24-16)30-11-17(25)14-3-6-18-19(7-14)28-12-27-18/h1-7,10H,8-9,11-12H2,(H,23,26). The molecule has 30 heavy (non-hydrogen) atoms. The summed E-state index contributed by atoms with van der Waals surface area (Å²) in [4.78, 5) is 28.9. The van der Waals surface area contributed by atoms with Crippen LogP contribution in [0.3, 0.4) is 0 Å². The summed E-state index contributed by atoms with van der Waals surface area (Å²) in [6, 6.07) is 11.1. The fourth-order valence-corrected chi connectivity index (χ4v) is 4.49. The van der Waals surface area contributed by atoms with Gasteiger partial charge in [-0.1, -0.05) is 23.9 Å². The summed E-state index contributed by atoms with van der Waals surface area (Å²) in [5, 5.41) is 4.60. The Bertz CT molecular complexity index is 1070. The molecule has 1 aliphatic heterocycles. The van der Waals surface area contributed by atoms with Crippen LogP contribution in [0.2, 0.25) is 0 Å². The van der Waals surface area contributed by atoms with Gasteiger partial charge in [-0.05, 0) is 35.9 Å². The predicted octanol–water partition coefficient (Wildman–Crippen LogP) is 3.84. The molecule has 0 atom stereocenters. The van der Waals surface area contributed by atoms with Crippen LogP contribution in [0.15, 0.2) is 52.2 Å². The van der Waals surface area contributed by atoms with Gasteiger partial charge in [0.15, 0.2) is 21.6 Å². The van der Waals surface area contributed by atoms with Gasteiger partial charge in [-0.15, -0.1) is 11.3 Å². The van der Waals surface area contributed by atoms with Crippen molar-refractivity contribution in [2.75, 3.05) is 12.5 Å². The van der Waals surface area contributed by atoms with Gasteiger partial charge in [0.1, 0.15) is 5.82 Å². The fraction of sp³-hybridized carbons (Fsp3) is 0.190. The number of Topliss-reactive ketones (excluding diaryl/α,β-unsaturated/α-hetero) is 1. The molecule has 3 aromatic rings. The normalized spacial score (nSPS) is 12.0. The third-order valence-corrected chi connectivity index (χ3v) is 6.37. The van der Waals surface area contributed by atoms with E-state index in [4.69, 9.17) is 9.47 Å². The molecule has 0 bridgehead atoms. The van der Waals surface area contributed by atoms with E-state index in [1.165, 1.54) is 35.2 Å². The Morgan fingerprint density at radius 2 is 1.93 bits per heavy atom. The third-order valence-electron chi connectivity index (χ3n) is 4.30. The smallest absolute Gasteiger partial charge is 0.231 e. The Morgan fingerprint density at radius 3 is 2.77 bits per heavy atom. The molecule has 0 saturated heterocycles. The predicted molar refractivity (Wildman–Crippen MR) is 112 cm³/mol. The van der Waals surface area contributed by atoms with Gasteiger partial charge in [0.05, 0.1) is 17.9 Å². The van der Waals surface area contributed by atoms with Crippen molar-refractivity contribution in [2.24, 2.45) is 0 Å². The summed E-state index contributed by atoms with van der Waals surface area (Å²) in [5.41, 5.74) is 2.03. The maximum atomic E-state index is 12.9. The molecule has 9 heteroatoms. The van der Waals surface area contributed by atoms with Crippen LogP contribution >= 0.6 is 23.1 Å². The fourth-order valence-electron chi connectivity index (χ4n) is 2.75. The number of hydrogen-bond donors (Lipinski definition) is 1. The lowest BCUT2D eigenvalue weighted by molar-refractivity contribution is -0.120. The van der Waals surface area contributed by atoms with Crippen molar-refractivity contribution < 1.29 is 23.5 Å². The van der Waals surface area contributed by atoms with Crippen LogP contribution in [-0.2, 0) is 17.8 Å². The largest absolute Gasteiger partial charge is 0.454 e. The van der Waals surface area contributed by atoms with Crippen molar-refractivity contribution in [3.63, 3.8) is 0 Å². The minimum absolute atomic E-state index is 0.0351. The summed E-state index contributed by atoms with van der Waals surface area (Å²) >= 11 is 2.73. The number of carbonyl (C=O) groups excluding carboxylic acids is 2. The van der Waals surface area contributed by atoms with E-state index in [1.54, 1.807) is 30.3 Å². The van der Waals surface area contributed by atoms with Crippen molar-refractivity contribution in [1.82, 2.24) is 10.3 Å². The van der Waals surface area contributed by atoms with E-state index in [0.29, 0.717) is 29.3 Å². The molecular formula is C21H17FN2O4S2. The van der Waals surface area contributed by atoms with Crippen LogP contribution in [0, 0.1) is 5.82 Å². The maximum absolute atomic E-state index is 12.9. The summed E-state index contributed by atoms with van der Waals surface area (Å²) < 4.78 is 24.2. The van der Waals surface area contributed by atoms with Crippen LogP contribution in [0.25, 0.3) is 0 Å². The molecule has 0 aliphatic carbocycles. The zero-order valence-electron chi connectivity index (χ0n) is 15.7. The lowest BCUT2D eigenvalue weighted by atomic mass is 10.1. The molecule has 1 N–H and O–H groups in total. The molecule has 0 spiro atoms. The zero-order chi connectivity index (χ0) is 20.9. The van der Waals surface area contributed by atoms with E-state index in [9.17, 15) is 14.0 Å². The molecule has 2 heterocycles.